The first-order chi connectivity index (χ1) is 11.8. The topological polar surface area (TPSA) is 92.3 Å². The van der Waals surface area contributed by atoms with Gasteiger partial charge in [0.2, 0.25) is 0 Å². The molecule has 1 aromatic heterocycles. The molecule has 0 unspecified atom stereocenters. The molecule has 0 amide bonds. The van der Waals surface area contributed by atoms with Crippen molar-refractivity contribution in [3.05, 3.63) is 46.0 Å². The zero-order valence-electron chi connectivity index (χ0n) is 15.3. The van der Waals surface area contributed by atoms with Crippen LogP contribution < -0.4 is 15.9 Å². The molecule has 0 bridgehead atoms. The van der Waals surface area contributed by atoms with Crippen LogP contribution in [0.25, 0.3) is 0 Å². The average molecular weight is 343 g/mol. The molecular formula is C18H25N5O2. The zero-order chi connectivity index (χ0) is 18.4. The summed E-state index contributed by atoms with van der Waals surface area (Å²) in [6.07, 6.45) is 1.64. The molecule has 0 saturated heterocycles. The Bertz CT molecular complexity index is 791. The fourth-order valence-electron chi connectivity index (χ4n) is 2.08. The van der Waals surface area contributed by atoms with E-state index in [4.69, 9.17) is 4.74 Å². The molecule has 2 aromatic rings. The minimum atomic E-state index is -0.522. The summed E-state index contributed by atoms with van der Waals surface area (Å²) in [6, 6.07) is 7.64. The molecule has 0 saturated carbocycles. The lowest BCUT2D eigenvalue weighted by Crippen LogP contribution is -2.24. The number of rotatable bonds is 6. The van der Waals surface area contributed by atoms with E-state index in [2.05, 4.69) is 39.6 Å². The quantitative estimate of drug-likeness (QED) is 0.621. The maximum Gasteiger partial charge on any atom is 0.363 e. The molecule has 0 spiro atoms. The lowest BCUT2D eigenvalue weighted by Gasteiger charge is -2.18. The van der Waals surface area contributed by atoms with Gasteiger partial charge in [0.15, 0.2) is 5.82 Å². The summed E-state index contributed by atoms with van der Waals surface area (Å²) in [7, 11) is 0. The molecule has 134 valence electrons. The van der Waals surface area contributed by atoms with Crippen LogP contribution in [0.2, 0.25) is 0 Å². The number of H-pyrrole nitrogens is 1. The summed E-state index contributed by atoms with van der Waals surface area (Å²) in [4.78, 5) is 15.4. The third-order valence-corrected chi connectivity index (χ3v) is 3.28. The van der Waals surface area contributed by atoms with E-state index in [9.17, 15) is 4.79 Å². The van der Waals surface area contributed by atoms with Gasteiger partial charge in [0.25, 0.3) is 0 Å². The van der Waals surface area contributed by atoms with Crippen molar-refractivity contribution < 1.29 is 4.74 Å². The molecule has 0 aliphatic heterocycles. The fraction of sp³-hybridized carbons (Fsp3) is 0.444. The van der Waals surface area contributed by atoms with Crippen LogP contribution in [0.4, 0.5) is 5.82 Å². The number of para-hydroxylation sites is 1. The predicted octanol–water partition coefficient (Wildman–Crippen LogP) is 2.94. The third kappa shape index (κ3) is 5.41. The Morgan fingerprint density at radius 2 is 2.04 bits per heavy atom. The Labute approximate surface area is 147 Å². The monoisotopic (exact) mass is 343 g/mol. The van der Waals surface area contributed by atoms with Gasteiger partial charge in [0.05, 0.1) is 12.8 Å². The van der Waals surface area contributed by atoms with Gasteiger partial charge in [-0.2, -0.15) is 15.2 Å². The Morgan fingerprint density at radius 3 is 2.72 bits per heavy atom. The van der Waals surface area contributed by atoms with Crippen LogP contribution in [0.3, 0.4) is 0 Å². The Hall–Kier alpha value is -2.70. The molecule has 0 atom stereocenters. The summed E-state index contributed by atoms with van der Waals surface area (Å²) >= 11 is 0. The van der Waals surface area contributed by atoms with Crippen molar-refractivity contribution in [1.82, 2.24) is 15.2 Å². The molecule has 0 aliphatic carbocycles. The van der Waals surface area contributed by atoms with E-state index >= 15 is 0 Å². The summed E-state index contributed by atoms with van der Waals surface area (Å²) in [5.41, 5.74) is 3.49. The van der Waals surface area contributed by atoms with E-state index in [1.807, 2.05) is 45.0 Å². The standard InChI is InChI=1S/C18H25N5O2/c1-12(2)11-25-14-9-7-6-8-13(14)10-19-22-16-15(18(3,4)5)21-23-17(24)20-16/h6-10,12H,11H2,1-5H3,(H2,20,22,23,24)/b19-10+. The first-order valence-electron chi connectivity index (χ1n) is 8.25. The Balaban J connectivity index is 2.20. The van der Waals surface area contributed by atoms with E-state index in [1.54, 1.807) is 6.21 Å². The summed E-state index contributed by atoms with van der Waals surface area (Å²) in [5, 5.41) is 10.6. The van der Waals surface area contributed by atoms with Crippen molar-refractivity contribution in [2.45, 2.75) is 40.0 Å². The van der Waals surface area contributed by atoms with Crippen molar-refractivity contribution in [1.29, 1.82) is 0 Å². The summed E-state index contributed by atoms with van der Waals surface area (Å²) in [5.74, 6) is 1.53. The van der Waals surface area contributed by atoms with Crippen LogP contribution in [-0.4, -0.2) is 28.0 Å². The van der Waals surface area contributed by atoms with Crippen molar-refractivity contribution in [2.24, 2.45) is 11.0 Å². The van der Waals surface area contributed by atoms with Gasteiger partial charge in [-0.1, -0.05) is 46.8 Å². The number of anilines is 1. The van der Waals surface area contributed by atoms with Gasteiger partial charge in [-0.3, -0.25) is 5.43 Å². The van der Waals surface area contributed by atoms with Gasteiger partial charge in [0.1, 0.15) is 11.4 Å². The minimum Gasteiger partial charge on any atom is -0.493 e. The van der Waals surface area contributed by atoms with Gasteiger partial charge in [0, 0.05) is 11.0 Å². The first kappa shape index (κ1) is 18.6. The molecule has 7 heteroatoms. The number of hydrazone groups is 1. The molecule has 1 aromatic carbocycles. The lowest BCUT2D eigenvalue weighted by molar-refractivity contribution is 0.271. The van der Waals surface area contributed by atoms with E-state index in [0.717, 1.165) is 11.3 Å². The van der Waals surface area contributed by atoms with Crippen LogP contribution in [0.5, 0.6) is 5.75 Å². The molecule has 1 heterocycles. The molecular weight excluding hydrogens is 318 g/mol. The van der Waals surface area contributed by atoms with E-state index < -0.39 is 5.69 Å². The van der Waals surface area contributed by atoms with E-state index in [1.165, 1.54) is 0 Å². The summed E-state index contributed by atoms with van der Waals surface area (Å²) < 4.78 is 5.80. The van der Waals surface area contributed by atoms with Gasteiger partial charge in [-0.25, -0.2) is 9.89 Å². The number of benzene rings is 1. The van der Waals surface area contributed by atoms with Gasteiger partial charge in [-0.15, -0.1) is 0 Å². The number of hydrogen-bond donors (Lipinski definition) is 2. The summed E-state index contributed by atoms with van der Waals surface area (Å²) in [6.45, 7) is 10.8. The smallest absolute Gasteiger partial charge is 0.363 e. The zero-order valence-corrected chi connectivity index (χ0v) is 15.3. The Morgan fingerprint density at radius 1 is 1.32 bits per heavy atom. The number of ether oxygens (including phenoxy) is 1. The molecule has 25 heavy (non-hydrogen) atoms. The highest BCUT2D eigenvalue weighted by atomic mass is 16.5. The molecule has 2 rings (SSSR count). The molecule has 0 fully saturated rings. The number of nitrogens with zero attached hydrogens (tertiary/aromatic N) is 3. The number of aromatic nitrogens is 3. The van der Waals surface area contributed by atoms with Crippen molar-refractivity contribution in [3.8, 4) is 5.75 Å². The third-order valence-electron chi connectivity index (χ3n) is 3.28. The first-order valence-corrected chi connectivity index (χ1v) is 8.25. The number of nitrogens with one attached hydrogen (secondary N) is 2. The highest BCUT2D eigenvalue weighted by Crippen LogP contribution is 2.24. The number of aromatic amines is 1. The van der Waals surface area contributed by atoms with Crippen LogP contribution >= 0.6 is 0 Å². The highest BCUT2D eigenvalue weighted by Gasteiger charge is 2.21. The Kier molecular flexibility index (Phi) is 5.90. The second kappa shape index (κ2) is 7.92. The van der Waals surface area contributed by atoms with Crippen LogP contribution in [0.1, 0.15) is 45.9 Å². The highest BCUT2D eigenvalue weighted by molar-refractivity contribution is 5.83. The second-order valence-electron chi connectivity index (χ2n) is 7.20. The maximum atomic E-state index is 11.5. The van der Waals surface area contributed by atoms with Crippen LogP contribution in [0.15, 0.2) is 34.2 Å². The van der Waals surface area contributed by atoms with Gasteiger partial charge in [-0.05, 0) is 18.1 Å². The molecule has 2 N–H and O–H groups in total. The SMILES string of the molecule is CC(C)COc1ccccc1/C=N/Nc1nc(=O)[nH]nc1C(C)(C)C. The molecule has 7 nitrogen and oxygen atoms in total. The van der Waals surface area contributed by atoms with Crippen LogP contribution in [0, 0.1) is 5.92 Å². The lowest BCUT2D eigenvalue weighted by atomic mass is 9.92. The maximum absolute atomic E-state index is 11.5. The largest absolute Gasteiger partial charge is 0.493 e. The van der Waals surface area contributed by atoms with E-state index in [0.29, 0.717) is 24.0 Å². The normalized spacial score (nSPS) is 11.9. The van der Waals surface area contributed by atoms with Crippen molar-refractivity contribution in [2.75, 3.05) is 12.0 Å². The van der Waals surface area contributed by atoms with Gasteiger partial charge >= 0.3 is 5.69 Å². The fourth-order valence-corrected chi connectivity index (χ4v) is 2.08. The second-order valence-corrected chi connectivity index (χ2v) is 7.20. The average Bonchev–Trinajstić information content (AvgIpc) is 2.52. The van der Waals surface area contributed by atoms with Crippen molar-refractivity contribution >= 4 is 12.0 Å². The van der Waals surface area contributed by atoms with Gasteiger partial charge < -0.3 is 4.74 Å². The van der Waals surface area contributed by atoms with E-state index in [-0.39, 0.29) is 5.41 Å². The minimum absolute atomic E-state index is 0.284. The number of hydrogen-bond acceptors (Lipinski definition) is 6. The molecule has 0 aliphatic rings. The predicted molar refractivity (Wildman–Crippen MR) is 99.3 cm³/mol. The molecule has 0 radical (unpaired) electrons. The van der Waals surface area contributed by atoms with Crippen LogP contribution in [-0.2, 0) is 5.41 Å². The van der Waals surface area contributed by atoms with Crippen molar-refractivity contribution in [3.63, 3.8) is 0 Å².